The maximum atomic E-state index is 12.4. The number of aryl methyl sites for hydroxylation is 1. The molecule has 29 heavy (non-hydrogen) atoms. The molecule has 1 aliphatic heterocycles. The zero-order valence-electron chi connectivity index (χ0n) is 17.0. The largest absolute Gasteiger partial charge is 0.497 e. The first kappa shape index (κ1) is 20.8. The smallest absolute Gasteiger partial charge is 0.234 e. The summed E-state index contributed by atoms with van der Waals surface area (Å²) in [5, 5.41) is 5.83. The van der Waals surface area contributed by atoms with Crippen molar-refractivity contribution in [2.45, 2.75) is 26.3 Å². The molecule has 3 rings (SSSR count). The molecule has 1 aromatic carbocycles. The first-order valence-corrected chi connectivity index (χ1v) is 9.89. The Balaban J connectivity index is 1.39. The van der Waals surface area contributed by atoms with Crippen molar-refractivity contribution in [1.29, 1.82) is 0 Å². The molecule has 0 unspecified atom stereocenters. The summed E-state index contributed by atoms with van der Waals surface area (Å²) in [5.74, 6) is 1.30. The normalized spacial score (nSPS) is 15.0. The van der Waals surface area contributed by atoms with Gasteiger partial charge < -0.3 is 15.4 Å². The number of pyridine rings is 1. The number of rotatable bonds is 7. The second kappa shape index (κ2) is 10.0. The minimum atomic E-state index is -0.0470. The molecule has 2 heterocycles. The molecule has 154 valence electrons. The van der Waals surface area contributed by atoms with Crippen molar-refractivity contribution in [2.24, 2.45) is 5.92 Å². The SMILES string of the molecule is COc1cccc(CNC(=O)CN2CCC(C(=O)Nc3ccc(C)cn3)CC2)c1. The number of hydrogen-bond acceptors (Lipinski definition) is 5. The monoisotopic (exact) mass is 396 g/mol. The predicted molar refractivity (Wildman–Crippen MR) is 112 cm³/mol. The molecule has 7 nitrogen and oxygen atoms in total. The second-order valence-corrected chi connectivity index (χ2v) is 7.39. The fourth-order valence-electron chi connectivity index (χ4n) is 3.37. The maximum Gasteiger partial charge on any atom is 0.234 e. The van der Waals surface area contributed by atoms with Crippen LogP contribution in [0.3, 0.4) is 0 Å². The average Bonchev–Trinajstić information content (AvgIpc) is 2.74. The van der Waals surface area contributed by atoms with Crippen molar-refractivity contribution in [2.75, 3.05) is 32.1 Å². The summed E-state index contributed by atoms with van der Waals surface area (Å²) in [6.07, 6.45) is 3.21. The van der Waals surface area contributed by atoms with Crippen LogP contribution in [0.5, 0.6) is 5.75 Å². The van der Waals surface area contributed by atoms with E-state index in [9.17, 15) is 9.59 Å². The third-order valence-electron chi connectivity index (χ3n) is 5.11. The number of hydrogen-bond donors (Lipinski definition) is 2. The molecule has 0 bridgehead atoms. The average molecular weight is 396 g/mol. The number of carbonyl (C=O) groups is 2. The molecular weight excluding hydrogens is 368 g/mol. The summed E-state index contributed by atoms with van der Waals surface area (Å²) in [6.45, 7) is 4.23. The Morgan fingerprint density at radius 2 is 2.00 bits per heavy atom. The quantitative estimate of drug-likeness (QED) is 0.751. The number of nitrogens with one attached hydrogen (secondary N) is 2. The Morgan fingerprint density at radius 3 is 2.69 bits per heavy atom. The summed E-state index contributed by atoms with van der Waals surface area (Å²) in [5.41, 5.74) is 2.05. The summed E-state index contributed by atoms with van der Waals surface area (Å²) in [7, 11) is 1.62. The number of benzene rings is 1. The van der Waals surface area contributed by atoms with E-state index in [-0.39, 0.29) is 17.7 Å². The van der Waals surface area contributed by atoms with Crippen LogP contribution in [-0.4, -0.2) is 48.4 Å². The number of likely N-dealkylation sites (tertiary alicyclic amines) is 1. The molecule has 1 aliphatic rings. The molecule has 0 radical (unpaired) electrons. The van der Waals surface area contributed by atoms with E-state index in [1.807, 2.05) is 43.3 Å². The van der Waals surface area contributed by atoms with E-state index in [1.54, 1.807) is 13.3 Å². The Labute approximate surface area is 171 Å². The van der Waals surface area contributed by atoms with E-state index in [1.165, 1.54) is 0 Å². The minimum Gasteiger partial charge on any atom is -0.497 e. The van der Waals surface area contributed by atoms with E-state index in [4.69, 9.17) is 4.74 Å². The van der Waals surface area contributed by atoms with Gasteiger partial charge in [0.1, 0.15) is 11.6 Å². The van der Waals surface area contributed by atoms with Gasteiger partial charge in [-0.2, -0.15) is 0 Å². The molecule has 0 aliphatic carbocycles. The van der Waals surface area contributed by atoms with Crippen LogP contribution < -0.4 is 15.4 Å². The van der Waals surface area contributed by atoms with Crippen molar-refractivity contribution < 1.29 is 14.3 Å². The van der Waals surface area contributed by atoms with Crippen molar-refractivity contribution >= 4 is 17.6 Å². The fourth-order valence-corrected chi connectivity index (χ4v) is 3.37. The molecule has 2 N–H and O–H groups in total. The summed E-state index contributed by atoms with van der Waals surface area (Å²) < 4.78 is 5.20. The van der Waals surface area contributed by atoms with Gasteiger partial charge in [0.25, 0.3) is 0 Å². The second-order valence-electron chi connectivity index (χ2n) is 7.39. The molecule has 1 saturated heterocycles. The van der Waals surface area contributed by atoms with Crippen molar-refractivity contribution in [3.63, 3.8) is 0 Å². The van der Waals surface area contributed by atoms with Crippen LogP contribution in [0.1, 0.15) is 24.0 Å². The molecule has 0 saturated carbocycles. The highest BCUT2D eigenvalue weighted by molar-refractivity contribution is 5.91. The van der Waals surface area contributed by atoms with Crippen LogP contribution in [0.4, 0.5) is 5.82 Å². The van der Waals surface area contributed by atoms with Gasteiger partial charge in [0.15, 0.2) is 0 Å². The lowest BCUT2D eigenvalue weighted by atomic mass is 9.96. The molecule has 1 fully saturated rings. The molecule has 0 atom stereocenters. The Bertz CT molecular complexity index is 830. The number of amides is 2. The van der Waals surface area contributed by atoms with Gasteiger partial charge in [-0.25, -0.2) is 4.98 Å². The van der Waals surface area contributed by atoms with Crippen molar-refractivity contribution in [3.05, 3.63) is 53.7 Å². The first-order valence-electron chi connectivity index (χ1n) is 9.89. The number of aromatic nitrogens is 1. The predicted octanol–water partition coefficient (Wildman–Crippen LogP) is 2.37. The highest BCUT2D eigenvalue weighted by Gasteiger charge is 2.26. The molecule has 0 spiro atoms. The van der Waals surface area contributed by atoms with Crippen molar-refractivity contribution in [1.82, 2.24) is 15.2 Å². The molecule has 7 heteroatoms. The van der Waals surface area contributed by atoms with Gasteiger partial charge in [-0.3, -0.25) is 14.5 Å². The number of methoxy groups -OCH3 is 1. The number of anilines is 1. The van der Waals surface area contributed by atoms with Gasteiger partial charge in [-0.15, -0.1) is 0 Å². The van der Waals surface area contributed by atoms with E-state index in [2.05, 4.69) is 20.5 Å². The lowest BCUT2D eigenvalue weighted by molar-refractivity contribution is -0.123. The van der Waals surface area contributed by atoms with Gasteiger partial charge in [-0.05, 0) is 62.2 Å². The molecular formula is C22H28N4O3. The molecule has 2 aromatic rings. The van der Waals surface area contributed by atoms with E-state index < -0.39 is 0 Å². The summed E-state index contributed by atoms with van der Waals surface area (Å²) >= 11 is 0. The maximum absolute atomic E-state index is 12.4. The van der Waals surface area contributed by atoms with Crippen molar-refractivity contribution in [3.8, 4) is 5.75 Å². The Morgan fingerprint density at radius 1 is 1.21 bits per heavy atom. The van der Waals surface area contributed by atoms with Gasteiger partial charge >= 0.3 is 0 Å². The number of ether oxygens (including phenoxy) is 1. The van der Waals surface area contributed by atoms with E-state index in [0.717, 1.165) is 42.8 Å². The zero-order chi connectivity index (χ0) is 20.6. The van der Waals surface area contributed by atoms with Gasteiger partial charge in [0, 0.05) is 18.7 Å². The van der Waals surface area contributed by atoms with Crippen LogP contribution in [0, 0.1) is 12.8 Å². The third-order valence-corrected chi connectivity index (χ3v) is 5.11. The van der Waals surface area contributed by atoms with E-state index in [0.29, 0.717) is 18.9 Å². The minimum absolute atomic E-state index is 0.00322. The Kier molecular flexibility index (Phi) is 7.19. The highest BCUT2D eigenvalue weighted by atomic mass is 16.5. The fraction of sp³-hybridized carbons (Fsp3) is 0.409. The van der Waals surface area contributed by atoms with Crippen LogP contribution >= 0.6 is 0 Å². The summed E-state index contributed by atoms with van der Waals surface area (Å²) in [4.78, 5) is 31.0. The summed E-state index contributed by atoms with van der Waals surface area (Å²) in [6, 6.07) is 11.4. The zero-order valence-corrected chi connectivity index (χ0v) is 17.0. The Hall–Kier alpha value is -2.93. The lowest BCUT2D eigenvalue weighted by Gasteiger charge is -2.30. The molecule has 2 amide bonds. The first-order chi connectivity index (χ1) is 14.0. The number of piperidine rings is 1. The van der Waals surface area contributed by atoms with Crippen LogP contribution in [-0.2, 0) is 16.1 Å². The topological polar surface area (TPSA) is 83.6 Å². The van der Waals surface area contributed by atoms with Crippen LogP contribution in [0.2, 0.25) is 0 Å². The van der Waals surface area contributed by atoms with Gasteiger partial charge in [-0.1, -0.05) is 18.2 Å². The number of carbonyl (C=O) groups excluding carboxylic acids is 2. The number of nitrogens with zero attached hydrogens (tertiary/aromatic N) is 2. The van der Waals surface area contributed by atoms with E-state index >= 15 is 0 Å². The van der Waals surface area contributed by atoms with Crippen LogP contribution in [0.15, 0.2) is 42.6 Å². The molecule has 1 aromatic heterocycles. The standard InChI is InChI=1S/C22H28N4O3/c1-16-6-7-20(23-13-16)25-22(28)18-8-10-26(11-9-18)15-21(27)24-14-17-4-3-5-19(12-17)29-2/h3-7,12-13,18H,8-11,14-15H2,1-2H3,(H,24,27)(H,23,25,28). The van der Waals surface area contributed by atoms with Crippen LogP contribution in [0.25, 0.3) is 0 Å². The highest BCUT2D eigenvalue weighted by Crippen LogP contribution is 2.19. The third kappa shape index (κ3) is 6.29. The van der Waals surface area contributed by atoms with Gasteiger partial charge in [0.2, 0.25) is 11.8 Å². The van der Waals surface area contributed by atoms with Gasteiger partial charge in [0.05, 0.1) is 13.7 Å². The lowest BCUT2D eigenvalue weighted by Crippen LogP contribution is -2.43.